The van der Waals surface area contributed by atoms with Crippen LogP contribution in [0.4, 0.5) is 0 Å². The van der Waals surface area contributed by atoms with Crippen molar-refractivity contribution < 1.29 is 4.79 Å². The molecule has 2 aromatic heterocycles. The molecule has 3 aromatic rings. The SMILES string of the molecule is Cl.O=C(Cc1ccc(-n2cnnn2)cc1)N(Cc1ccccn1)C1CCCNCC1. The van der Waals surface area contributed by atoms with Gasteiger partial charge in [0.2, 0.25) is 5.91 Å². The number of amides is 1. The normalized spacial score (nSPS) is 16.3. The maximum atomic E-state index is 13.3. The fourth-order valence-corrected chi connectivity index (χ4v) is 3.72. The number of halogens is 1. The van der Waals surface area contributed by atoms with Gasteiger partial charge in [-0.15, -0.1) is 17.5 Å². The molecule has 1 amide bonds. The number of rotatable bonds is 6. The molecule has 158 valence electrons. The minimum atomic E-state index is 0. The van der Waals surface area contributed by atoms with Crippen LogP contribution in [0.3, 0.4) is 0 Å². The summed E-state index contributed by atoms with van der Waals surface area (Å²) < 4.78 is 1.59. The Morgan fingerprint density at radius 3 is 2.73 bits per heavy atom. The van der Waals surface area contributed by atoms with Crippen LogP contribution in [0.2, 0.25) is 0 Å². The van der Waals surface area contributed by atoms with Crippen molar-refractivity contribution in [3.8, 4) is 5.69 Å². The van der Waals surface area contributed by atoms with Crippen molar-refractivity contribution in [3.05, 3.63) is 66.2 Å². The second-order valence-electron chi connectivity index (χ2n) is 7.28. The summed E-state index contributed by atoms with van der Waals surface area (Å²) in [6, 6.07) is 13.9. The first kappa shape index (κ1) is 21.9. The first-order chi connectivity index (χ1) is 14.3. The molecule has 1 atom stereocenters. The lowest BCUT2D eigenvalue weighted by molar-refractivity contribution is -0.133. The van der Waals surface area contributed by atoms with Crippen LogP contribution >= 0.6 is 12.4 Å². The molecule has 0 radical (unpaired) electrons. The first-order valence-electron chi connectivity index (χ1n) is 10.0. The van der Waals surface area contributed by atoms with Crippen molar-refractivity contribution in [2.45, 2.75) is 38.3 Å². The molecular weight excluding hydrogens is 402 g/mol. The lowest BCUT2D eigenvalue weighted by Crippen LogP contribution is -2.41. The zero-order valence-electron chi connectivity index (χ0n) is 16.7. The van der Waals surface area contributed by atoms with Gasteiger partial charge in [0, 0.05) is 12.2 Å². The highest BCUT2D eigenvalue weighted by atomic mass is 35.5. The molecule has 0 bridgehead atoms. The minimum Gasteiger partial charge on any atom is -0.333 e. The fourth-order valence-electron chi connectivity index (χ4n) is 3.72. The van der Waals surface area contributed by atoms with Gasteiger partial charge >= 0.3 is 0 Å². The highest BCUT2D eigenvalue weighted by Crippen LogP contribution is 2.18. The summed E-state index contributed by atoms with van der Waals surface area (Å²) in [4.78, 5) is 19.7. The molecule has 1 N–H and O–H groups in total. The van der Waals surface area contributed by atoms with Crippen LogP contribution < -0.4 is 5.32 Å². The quantitative estimate of drug-likeness (QED) is 0.648. The van der Waals surface area contributed by atoms with Crippen LogP contribution in [0.25, 0.3) is 5.69 Å². The van der Waals surface area contributed by atoms with Crippen LogP contribution in [0.1, 0.15) is 30.5 Å². The maximum Gasteiger partial charge on any atom is 0.227 e. The van der Waals surface area contributed by atoms with Crippen molar-refractivity contribution in [2.24, 2.45) is 0 Å². The monoisotopic (exact) mass is 427 g/mol. The number of aromatic nitrogens is 5. The molecule has 30 heavy (non-hydrogen) atoms. The number of carbonyl (C=O) groups is 1. The Morgan fingerprint density at radius 1 is 1.13 bits per heavy atom. The van der Waals surface area contributed by atoms with Gasteiger partial charge in [-0.3, -0.25) is 9.78 Å². The number of nitrogens with zero attached hydrogens (tertiary/aromatic N) is 6. The van der Waals surface area contributed by atoms with Crippen molar-refractivity contribution in [1.29, 1.82) is 0 Å². The number of tetrazole rings is 1. The molecule has 0 spiro atoms. The summed E-state index contributed by atoms with van der Waals surface area (Å²) in [5, 5.41) is 14.6. The van der Waals surface area contributed by atoms with E-state index in [1.165, 1.54) is 0 Å². The number of benzene rings is 1. The Labute approximate surface area is 182 Å². The predicted octanol–water partition coefficient (Wildman–Crippen LogP) is 2.19. The van der Waals surface area contributed by atoms with E-state index in [4.69, 9.17) is 0 Å². The Hall–Kier alpha value is -2.84. The number of hydrogen-bond donors (Lipinski definition) is 1. The van der Waals surface area contributed by atoms with E-state index in [0.717, 1.165) is 49.3 Å². The van der Waals surface area contributed by atoms with Crippen LogP contribution in [0, 0.1) is 0 Å². The second-order valence-corrected chi connectivity index (χ2v) is 7.28. The lowest BCUT2D eigenvalue weighted by Gasteiger charge is -2.31. The maximum absolute atomic E-state index is 13.3. The molecule has 4 rings (SSSR count). The molecule has 1 fully saturated rings. The Balaban J connectivity index is 0.00000256. The van der Waals surface area contributed by atoms with Crippen LogP contribution in [-0.2, 0) is 17.8 Å². The molecule has 1 aromatic carbocycles. The molecule has 1 aliphatic heterocycles. The summed E-state index contributed by atoms with van der Waals surface area (Å²) in [5.74, 6) is 0.137. The van der Waals surface area contributed by atoms with E-state index in [1.807, 2.05) is 47.4 Å². The van der Waals surface area contributed by atoms with Gasteiger partial charge in [-0.1, -0.05) is 18.2 Å². The molecule has 1 unspecified atom stereocenters. The zero-order chi connectivity index (χ0) is 19.9. The van der Waals surface area contributed by atoms with Crippen LogP contribution in [0.5, 0.6) is 0 Å². The Morgan fingerprint density at radius 2 is 2.00 bits per heavy atom. The van der Waals surface area contributed by atoms with Gasteiger partial charge in [-0.2, -0.15) is 0 Å². The van der Waals surface area contributed by atoms with E-state index in [0.29, 0.717) is 13.0 Å². The molecular formula is C21H26ClN7O. The van der Waals surface area contributed by atoms with Gasteiger partial charge in [-0.05, 0) is 72.6 Å². The van der Waals surface area contributed by atoms with Crippen molar-refractivity contribution >= 4 is 18.3 Å². The van der Waals surface area contributed by atoms with Crippen molar-refractivity contribution in [1.82, 2.24) is 35.4 Å². The highest BCUT2D eigenvalue weighted by molar-refractivity contribution is 5.85. The molecule has 8 nitrogen and oxygen atoms in total. The first-order valence-corrected chi connectivity index (χ1v) is 10.0. The third-order valence-corrected chi connectivity index (χ3v) is 5.27. The van der Waals surface area contributed by atoms with E-state index in [2.05, 4.69) is 25.8 Å². The topological polar surface area (TPSA) is 88.8 Å². The largest absolute Gasteiger partial charge is 0.333 e. The van der Waals surface area contributed by atoms with E-state index >= 15 is 0 Å². The molecule has 3 heterocycles. The summed E-state index contributed by atoms with van der Waals surface area (Å²) in [5.41, 5.74) is 2.77. The van der Waals surface area contributed by atoms with Gasteiger partial charge < -0.3 is 10.2 Å². The van der Waals surface area contributed by atoms with E-state index in [1.54, 1.807) is 17.2 Å². The summed E-state index contributed by atoms with van der Waals surface area (Å²) in [6.07, 6.45) is 6.77. The number of hydrogen-bond acceptors (Lipinski definition) is 6. The zero-order valence-corrected chi connectivity index (χ0v) is 17.5. The summed E-state index contributed by atoms with van der Waals surface area (Å²) in [7, 11) is 0. The lowest BCUT2D eigenvalue weighted by atomic mass is 10.0. The standard InChI is InChI=1S/C21H25N7O.ClH/c29-21(14-17-6-8-20(9-7-17)28-16-24-25-26-28)27(15-18-4-1-2-12-23-18)19-5-3-11-22-13-10-19;/h1-2,4,6-9,12,16,19,22H,3,5,10-11,13-15H2;1H. The average molecular weight is 428 g/mol. The van der Waals surface area contributed by atoms with Crippen LogP contribution in [-0.4, -0.2) is 55.1 Å². The predicted molar refractivity (Wildman–Crippen MR) is 115 cm³/mol. The van der Waals surface area contributed by atoms with Gasteiger partial charge in [0.25, 0.3) is 0 Å². The van der Waals surface area contributed by atoms with E-state index in [-0.39, 0.29) is 24.4 Å². The van der Waals surface area contributed by atoms with Gasteiger partial charge in [0.1, 0.15) is 6.33 Å². The summed E-state index contributed by atoms with van der Waals surface area (Å²) in [6.45, 7) is 2.51. The number of nitrogens with one attached hydrogen (secondary N) is 1. The molecule has 0 aliphatic carbocycles. The van der Waals surface area contributed by atoms with Crippen molar-refractivity contribution in [3.63, 3.8) is 0 Å². The highest BCUT2D eigenvalue weighted by Gasteiger charge is 2.25. The molecule has 9 heteroatoms. The summed E-state index contributed by atoms with van der Waals surface area (Å²) >= 11 is 0. The third kappa shape index (κ3) is 5.61. The third-order valence-electron chi connectivity index (χ3n) is 5.27. The molecule has 1 saturated heterocycles. The average Bonchev–Trinajstić information content (AvgIpc) is 3.16. The van der Waals surface area contributed by atoms with Gasteiger partial charge in [0.15, 0.2) is 0 Å². The van der Waals surface area contributed by atoms with E-state index in [9.17, 15) is 4.79 Å². The fraction of sp³-hybridized carbons (Fsp3) is 0.381. The van der Waals surface area contributed by atoms with E-state index < -0.39 is 0 Å². The smallest absolute Gasteiger partial charge is 0.227 e. The molecule has 0 saturated carbocycles. The number of carbonyl (C=O) groups excluding carboxylic acids is 1. The Kier molecular flexibility index (Phi) is 7.87. The minimum absolute atomic E-state index is 0. The number of pyridine rings is 1. The second kappa shape index (κ2) is 10.8. The Bertz CT molecular complexity index is 895. The van der Waals surface area contributed by atoms with Crippen molar-refractivity contribution in [2.75, 3.05) is 13.1 Å². The van der Waals surface area contributed by atoms with Gasteiger partial charge in [-0.25, -0.2) is 4.68 Å². The van der Waals surface area contributed by atoms with Crippen LogP contribution in [0.15, 0.2) is 55.0 Å². The molecule has 1 aliphatic rings. The van der Waals surface area contributed by atoms with Gasteiger partial charge in [0.05, 0.1) is 24.3 Å².